The van der Waals surface area contributed by atoms with Crippen molar-refractivity contribution in [3.63, 3.8) is 0 Å². The van der Waals surface area contributed by atoms with Gasteiger partial charge in [0.05, 0.1) is 0 Å². The highest BCUT2D eigenvalue weighted by Crippen LogP contribution is 2.33. The SMILES string of the molecule is CCCN1CCC[C@H]2CCC(=O)C[C@H]21. The molecule has 1 aliphatic carbocycles. The molecule has 0 radical (unpaired) electrons. The molecule has 0 spiro atoms. The van der Waals surface area contributed by atoms with Crippen LogP contribution < -0.4 is 0 Å². The summed E-state index contributed by atoms with van der Waals surface area (Å²) in [5, 5.41) is 0. The van der Waals surface area contributed by atoms with Crippen molar-refractivity contribution in [2.75, 3.05) is 13.1 Å². The smallest absolute Gasteiger partial charge is 0.134 e. The van der Waals surface area contributed by atoms with Gasteiger partial charge in [0.2, 0.25) is 0 Å². The van der Waals surface area contributed by atoms with E-state index in [4.69, 9.17) is 0 Å². The Balaban J connectivity index is 2.00. The maximum absolute atomic E-state index is 11.4. The molecule has 1 saturated heterocycles. The first-order valence-electron chi connectivity index (χ1n) is 6.07. The fourth-order valence-electron chi connectivity index (χ4n) is 3.09. The summed E-state index contributed by atoms with van der Waals surface area (Å²) in [5.74, 6) is 1.32. The molecule has 0 aromatic heterocycles. The van der Waals surface area contributed by atoms with Crippen molar-refractivity contribution in [2.45, 2.75) is 51.5 Å². The Labute approximate surface area is 86.7 Å². The quantitative estimate of drug-likeness (QED) is 0.673. The van der Waals surface area contributed by atoms with Gasteiger partial charge in [-0.1, -0.05) is 6.92 Å². The minimum absolute atomic E-state index is 0.495. The number of fused-ring (bicyclic) bond motifs is 1. The Morgan fingerprint density at radius 2 is 2.29 bits per heavy atom. The molecule has 2 atom stereocenters. The van der Waals surface area contributed by atoms with Crippen LogP contribution in [0.2, 0.25) is 0 Å². The summed E-state index contributed by atoms with van der Waals surface area (Å²) in [4.78, 5) is 14.0. The van der Waals surface area contributed by atoms with Crippen LogP contribution in [0.25, 0.3) is 0 Å². The minimum atomic E-state index is 0.495. The van der Waals surface area contributed by atoms with Gasteiger partial charge in [-0.3, -0.25) is 9.69 Å². The molecule has 2 aliphatic rings. The zero-order valence-corrected chi connectivity index (χ0v) is 9.17. The van der Waals surface area contributed by atoms with Gasteiger partial charge in [0.1, 0.15) is 5.78 Å². The largest absolute Gasteiger partial charge is 0.300 e. The second kappa shape index (κ2) is 4.43. The third-order valence-electron chi connectivity index (χ3n) is 3.78. The van der Waals surface area contributed by atoms with E-state index < -0.39 is 0 Å². The molecule has 1 saturated carbocycles. The predicted octanol–water partition coefficient (Wildman–Crippen LogP) is 2.23. The molecule has 0 N–H and O–H groups in total. The van der Waals surface area contributed by atoms with Crippen molar-refractivity contribution >= 4 is 5.78 Å². The number of nitrogens with zero attached hydrogens (tertiary/aromatic N) is 1. The zero-order chi connectivity index (χ0) is 9.97. The van der Waals surface area contributed by atoms with Crippen LogP contribution in [0.3, 0.4) is 0 Å². The van der Waals surface area contributed by atoms with Crippen LogP contribution in [-0.2, 0) is 4.79 Å². The summed E-state index contributed by atoms with van der Waals surface area (Å²) in [6.07, 6.45) is 6.76. The van der Waals surface area contributed by atoms with Gasteiger partial charge in [0.25, 0.3) is 0 Å². The summed E-state index contributed by atoms with van der Waals surface area (Å²) in [5.41, 5.74) is 0. The summed E-state index contributed by atoms with van der Waals surface area (Å²) >= 11 is 0. The number of rotatable bonds is 2. The van der Waals surface area contributed by atoms with Gasteiger partial charge in [-0.15, -0.1) is 0 Å². The van der Waals surface area contributed by atoms with Crippen molar-refractivity contribution in [3.8, 4) is 0 Å². The van der Waals surface area contributed by atoms with Gasteiger partial charge in [-0.25, -0.2) is 0 Å². The Morgan fingerprint density at radius 3 is 3.07 bits per heavy atom. The van der Waals surface area contributed by atoms with Gasteiger partial charge >= 0.3 is 0 Å². The molecule has 0 aromatic carbocycles. The van der Waals surface area contributed by atoms with Gasteiger partial charge in [-0.2, -0.15) is 0 Å². The van der Waals surface area contributed by atoms with E-state index in [1.54, 1.807) is 0 Å². The number of carbonyl (C=O) groups excluding carboxylic acids is 1. The number of ketones is 1. The fourth-order valence-corrected chi connectivity index (χ4v) is 3.09. The van der Waals surface area contributed by atoms with E-state index in [1.165, 1.54) is 32.4 Å². The fraction of sp³-hybridized carbons (Fsp3) is 0.917. The first kappa shape index (κ1) is 10.2. The lowest BCUT2D eigenvalue weighted by atomic mass is 9.78. The van der Waals surface area contributed by atoms with Crippen molar-refractivity contribution < 1.29 is 4.79 Å². The number of Topliss-reactive ketones (excluding diaryl/α,β-unsaturated/α-hetero) is 1. The van der Waals surface area contributed by atoms with Gasteiger partial charge in [0.15, 0.2) is 0 Å². The van der Waals surface area contributed by atoms with Crippen molar-refractivity contribution in [1.29, 1.82) is 0 Å². The summed E-state index contributed by atoms with van der Waals surface area (Å²) < 4.78 is 0. The lowest BCUT2D eigenvalue weighted by Crippen LogP contribution is -2.48. The summed E-state index contributed by atoms with van der Waals surface area (Å²) in [6, 6.07) is 0.602. The highest BCUT2D eigenvalue weighted by atomic mass is 16.1. The van der Waals surface area contributed by atoms with Gasteiger partial charge < -0.3 is 0 Å². The van der Waals surface area contributed by atoms with Crippen LogP contribution >= 0.6 is 0 Å². The number of hydrogen-bond donors (Lipinski definition) is 0. The number of carbonyl (C=O) groups is 1. The topological polar surface area (TPSA) is 20.3 Å². The highest BCUT2D eigenvalue weighted by Gasteiger charge is 2.35. The van der Waals surface area contributed by atoms with Crippen LogP contribution in [0.1, 0.15) is 45.4 Å². The molecule has 14 heavy (non-hydrogen) atoms. The van der Waals surface area contributed by atoms with Crippen molar-refractivity contribution in [3.05, 3.63) is 0 Å². The van der Waals surface area contributed by atoms with Crippen molar-refractivity contribution in [1.82, 2.24) is 4.90 Å². The zero-order valence-electron chi connectivity index (χ0n) is 9.17. The molecule has 2 rings (SSSR count). The molecule has 2 fully saturated rings. The molecular formula is C12H21NO. The lowest BCUT2D eigenvalue weighted by molar-refractivity contribution is -0.124. The first-order chi connectivity index (χ1) is 6.81. The summed E-state index contributed by atoms with van der Waals surface area (Å²) in [7, 11) is 0. The molecule has 80 valence electrons. The lowest BCUT2D eigenvalue weighted by Gasteiger charge is -2.43. The Bertz CT molecular complexity index is 212. The van der Waals surface area contributed by atoms with Crippen LogP contribution in [-0.4, -0.2) is 29.8 Å². The molecule has 1 heterocycles. The summed E-state index contributed by atoms with van der Waals surface area (Å²) in [6.45, 7) is 4.64. The van der Waals surface area contributed by atoms with E-state index in [0.717, 1.165) is 25.2 Å². The Morgan fingerprint density at radius 1 is 1.43 bits per heavy atom. The van der Waals surface area contributed by atoms with E-state index in [0.29, 0.717) is 11.8 Å². The maximum atomic E-state index is 11.4. The van der Waals surface area contributed by atoms with Crippen LogP contribution in [0.5, 0.6) is 0 Å². The normalized spacial score (nSPS) is 34.2. The molecule has 1 aliphatic heterocycles. The molecular weight excluding hydrogens is 174 g/mol. The third-order valence-corrected chi connectivity index (χ3v) is 3.78. The molecule has 0 amide bonds. The van der Waals surface area contributed by atoms with E-state index in [-0.39, 0.29) is 0 Å². The minimum Gasteiger partial charge on any atom is -0.300 e. The third kappa shape index (κ3) is 2.00. The average molecular weight is 195 g/mol. The predicted molar refractivity (Wildman–Crippen MR) is 57.2 cm³/mol. The van der Waals surface area contributed by atoms with Crippen molar-refractivity contribution in [2.24, 2.45) is 5.92 Å². The second-order valence-corrected chi connectivity index (χ2v) is 4.79. The van der Waals surface area contributed by atoms with E-state index in [9.17, 15) is 4.79 Å². The van der Waals surface area contributed by atoms with E-state index >= 15 is 0 Å². The number of likely N-dealkylation sites (tertiary alicyclic amines) is 1. The monoisotopic (exact) mass is 195 g/mol. The maximum Gasteiger partial charge on any atom is 0.134 e. The first-order valence-corrected chi connectivity index (χ1v) is 6.07. The van der Waals surface area contributed by atoms with Gasteiger partial charge in [-0.05, 0) is 44.7 Å². The average Bonchev–Trinajstić information content (AvgIpc) is 2.19. The van der Waals surface area contributed by atoms with Crippen LogP contribution in [0.4, 0.5) is 0 Å². The standard InChI is InChI=1S/C12H21NO/c1-2-7-13-8-3-4-10-5-6-11(14)9-12(10)13/h10,12H,2-9H2,1H3/t10-,12+/m0/s1. The second-order valence-electron chi connectivity index (χ2n) is 4.79. The highest BCUT2D eigenvalue weighted by molar-refractivity contribution is 5.79. The van der Waals surface area contributed by atoms with E-state index in [2.05, 4.69) is 11.8 Å². The molecule has 2 nitrogen and oxygen atoms in total. The number of piperidine rings is 1. The van der Waals surface area contributed by atoms with Crippen LogP contribution in [0.15, 0.2) is 0 Å². The Kier molecular flexibility index (Phi) is 3.22. The molecule has 0 bridgehead atoms. The Hall–Kier alpha value is -0.370. The molecule has 0 unspecified atom stereocenters. The molecule has 2 heteroatoms. The molecule has 0 aromatic rings. The van der Waals surface area contributed by atoms with Gasteiger partial charge in [0, 0.05) is 18.9 Å². The van der Waals surface area contributed by atoms with E-state index in [1.807, 2.05) is 0 Å². The van der Waals surface area contributed by atoms with Crippen LogP contribution in [0, 0.1) is 5.92 Å². The number of hydrogen-bond acceptors (Lipinski definition) is 2.